The number of carbonyl (C=O) groups excluding carboxylic acids is 1. The normalized spacial score (nSPS) is 19.5. The van der Waals surface area contributed by atoms with E-state index in [2.05, 4.69) is 21.5 Å². The van der Waals surface area contributed by atoms with Crippen molar-refractivity contribution in [1.29, 1.82) is 0 Å². The van der Waals surface area contributed by atoms with Crippen LogP contribution in [0.4, 0.5) is 27.8 Å². The van der Waals surface area contributed by atoms with Crippen LogP contribution in [0.5, 0.6) is 5.75 Å². The summed E-state index contributed by atoms with van der Waals surface area (Å²) in [5.41, 5.74) is -3.74. The first-order valence-electron chi connectivity index (χ1n) is 15.4. The van der Waals surface area contributed by atoms with Gasteiger partial charge in [-0.25, -0.2) is 13.6 Å². The first kappa shape index (κ1) is 33.7. The van der Waals surface area contributed by atoms with Crippen LogP contribution in [0.15, 0.2) is 63.8 Å². The zero-order valence-corrected chi connectivity index (χ0v) is 28.0. The van der Waals surface area contributed by atoms with Gasteiger partial charge in [0, 0.05) is 70.8 Å². The fraction of sp³-hybridized carbons (Fsp3) is 0.303. The Kier molecular flexibility index (Phi) is 8.45. The SMILES string of the molecule is C=CC(=O)N1[C@H](C)CN(c2nc(=O)n3c4c(c(-c5c(F)cc(F)c6sc(=O)[nH]c56)c(C(F)(F)F)cc24)SCC(Oc2ccncc2)C3)C[C@@H]1C. The summed E-state index contributed by atoms with van der Waals surface area (Å²) in [5, 5.41) is -0.0341. The van der Waals surface area contributed by atoms with Crippen molar-refractivity contribution in [3.05, 3.63) is 86.7 Å². The second kappa shape index (κ2) is 12.5. The minimum atomic E-state index is -5.09. The molecule has 10 nitrogen and oxygen atoms in total. The highest BCUT2D eigenvalue weighted by atomic mass is 32.2. The van der Waals surface area contributed by atoms with E-state index < -0.39 is 68.8 Å². The lowest BCUT2D eigenvalue weighted by molar-refractivity contribution is -0.137. The molecule has 0 bridgehead atoms. The van der Waals surface area contributed by atoms with Crippen molar-refractivity contribution in [2.75, 3.05) is 23.7 Å². The fourth-order valence-corrected chi connectivity index (χ4v) is 8.84. The third-order valence-corrected chi connectivity index (χ3v) is 10.9. The van der Waals surface area contributed by atoms with E-state index in [9.17, 15) is 18.8 Å². The molecule has 17 heteroatoms. The zero-order valence-electron chi connectivity index (χ0n) is 26.4. The molecule has 0 radical (unpaired) electrons. The molecule has 3 aromatic heterocycles. The molecular weight excluding hydrogens is 704 g/mol. The molecule has 0 spiro atoms. The molecule has 1 fully saturated rings. The van der Waals surface area contributed by atoms with Crippen molar-refractivity contribution >= 4 is 55.9 Å². The quantitative estimate of drug-likeness (QED) is 0.178. The smallest absolute Gasteiger partial charge is 0.417 e. The molecule has 2 aromatic carbocycles. The van der Waals surface area contributed by atoms with Gasteiger partial charge in [0.25, 0.3) is 0 Å². The number of amides is 1. The number of nitrogens with one attached hydrogen (secondary N) is 1. The van der Waals surface area contributed by atoms with E-state index in [1.807, 2.05) is 0 Å². The Morgan fingerprint density at radius 2 is 1.76 bits per heavy atom. The van der Waals surface area contributed by atoms with Gasteiger partial charge < -0.3 is 19.5 Å². The number of hydrogen-bond donors (Lipinski definition) is 1. The number of thioether (sulfide) groups is 1. The number of H-pyrrole nitrogens is 1. The molecule has 50 heavy (non-hydrogen) atoms. The third kappa shape index (κ3) is 5.71. The number of hydrogen-bond acceptors (Lipinski definition) is 9. The van der Waals surface area contributed by atoms with Crippen molar-refractivity contribution in [3.8, 4) is 16.9 Å². The average molecular weight is 731 g/mol. The number of benzene rings is 2. The van der Waals surface area contributed by atoms with Gasteiger partial charge in [0.1, 0.15) is 29.3 Å². The maximum atomic E-state index is 15.9. The number of rotatable bonds is 5. The molecule has 260 valence electrons. The van der Waals surface area contributed by atoms with E-state index in [1.54, 1.807) is 35.8 Å². The molecule has 7 rings (SSSR count). The second-order valence-electron chi connectivity index (χ2n) is 12.1. The zero-order chi connectivity index (χ0) is 35.6. The third-order valence-electron chi connectivity index (χ3n) is 8.76. The van der Waals surface area contributed by atoms with Crippen LogP contribution in [-0.4, -0.2) is 67.4 Å². The van der Waals surface area contributed by atoms with E-state index in [1.165, 1.54) is 23.0 Å². The Morgan fingerprint density at radius 3 is 2.42 bits per heavy atom. The summed E-state index contributed by atoms with van der Waals surface area (Å²) in [4.78, 5) is 51.9. The lowest BCUT2D eigenvalue weighted by Crippen LogP contribution is -2.58. The van der Waals surface area contributed by atoms with E-state index >= 15 is 17.6 Å². The van der Waals surface area contributed by atoms with Gasteiger partial charge in [-0.05, 0) is 38.1 Å². The van der Waals surface area contributed by atoms with E-state index in [4.69, 9.17) is 4.74 Å². The number of piperazine rings is 1. The van der Waals surface area contributed by atoms with Crippen molar-refractivity contribution < 1.29 is 31.5 Å². The second-order valence-corrected chi connectivity index (χ2v) is 14.1. The van der Waals surface area contributed by atoms with Gasteiger partial charge in [-0.1, -0.05) is 17.9 Å². The van der Waals surface area contributed by atoms with Gasteiger partial charge in [-0.3, -0.25) is 19.1 Å². The number of pyridine rings is 1. The van der Waals surface area contributed by atoms with Crippen LogP contribution in [0.3, 0.4) is 0 Å². The largest absolute Gasteiger partial charge is 0.488 e. The van der Waals surface area contributed by atoms with Gasteiger partial charge in [0.05, 0.1) is 27.8 Å². The van der Waals surface area contributed by atoms with Crippen LogP contribution in [-0.2, 0) is 17.5 Å². The molecule has 5 heterocycles. The van der Waals surface area contributed by atoms with Crippen LogP contribution >= 0.6 is 23.1 Å². The monoisotopic (exact) mass is 730 g/mol. The summed E-state index contributed by atoms with van der Waals surface area (Å²) in [6.07, 6.45) is -1.67. The highest BCUT2D eigenvalue weighted by Gasteiger charge is 2.41. The Bertz CT molecular complexity index is 2300. The van der Waals surface area contributed by atoms with Crippen LogP contribution in [0.25, 0.3) is 32.2 Å². The molecule has 0 aliphatic carbocycles. The maximum Gasteiger partial charge on any atom is 0.417 e. The minimum absolute atomic E-state index is 0.0186. The van der Waals surface area contributed by atoms with Crippen molar-refractivity contribution in [1.82, 2.24) is 24.4 Å². The predicted octanol–water partition coefficient (Wildman–Crippen LogP) is 5.82. The Hall–Kier alpha value is -4.77. The molecule has 5 aromatic rings. The number of halogens is 5. The molecule has 1 amide bonds. The molecule has 1 saturated heterocycles. The average Bonchev–Trinajstić information content (AvgIpc) is 3.35. The van der Waals surface area contributed by atoms with Gasteiger partial charge in [0.2, 0.25) is 5.91 Å². The lowest BCUT2D eigenvalue weighted by atomic mass is 9.94. The number of fused-ring (bicyclic) bond motifs is 1. The summed E-state index contributed by atoms with van der Waals surface area (Å²) in [6, 6.07) is 3.60. The number of ether oxygens (including phenoxy) is 1. The van der Waals surface area contributed by atoms with E-state index in [0.717, 1.165) is 17.8 Å². The van der Waals surface area contributed by atoms with Gasteiger partial charge >= 0.3 is 16.7 Å². The topological polar surface area (TPSA) is 113 Å². The van der Waals surface area contributed by atoms with Crippen molar-refractivity contribution in [2.24, 2.45) is 0 Å². The number of nitrogens with zero attached hydrogens (tertiary/aromatic N) is 5. The van der Waals surface area contributed by atoms with Gasteiger partial charge in [-0.2, -0.15) is 18.2 Å². The number of anilines is 1. The number of aromatic nitrogens is 4. The summed E-state index contributed by atoms with van der Waals surface area (Å²) in [6.45, 7) is 7.25. The number of aromatic amines is 1. The molecule has 3 atom stereocenters. The van der Waals surface area contributed by atoms with Gasteiger partial charge in [-0.15, -0.1) is 11.8 Å². The highest BCUT2D eigenvalue weighted by Crippen LogP contribution is 2.50. The van der Waals surface area contributed by atoms with Crippen molar-refractivity contribution in [2.45, 2.75) is 49.7 Å². The molecule has 2 aliphatic rings. The molecular formula is C33H27F5N6O4S2. The number of alkyl halides is 3. The molecule has 1 N–H and O–H groups in total. The predicted molar refractivity (Wildman–Crippen MR) is 180 cm³/mol. The fourth-order valence-electron chi connectivity index (χ4n) is 6.85. The Morgan fingerprint density at radius 1 is 1.06 bits per heavy atom. The maximum absolute atomic E-state index is 15.9. The summed E-state index contributed by atoms with van der Waals surface area (Å²) in [7, 11) is 0. The summed E-state index contributed by atoms with van der Waals surface area (Å²) < 4.78 is 83.6. The van der Waals surface area contributed by atoms with Crippen LogP contribution < -0.4 is 20.2 Å². The minimum Gasteiger partial charge on any atom is -0.488 e. The van der Waals surface area contributed by atoms with Crippen LogP contribution in [0, 0.1) is 11.6 Å². The molecule has 0 saturated carbocycles. The van der Waals surface area contributed by atoms with Crippen LogP contribution in [0.2, 0.25) is 0 Å². The Balaban J connectivity index is 1.53. The number of thiazole rings is 1. The van der Waals surface area contributed by atoms with Gasteiger partial charge in [0.15, 0.2) is 0 Å². The Labute approximate surface area is 288 Å². The first-order valence-corrected chi connectivity index (χ1v) is 17.2. The summed E-state index contributed by atoms with van der Waals surface area (Å²) in [5.74, 6) is -2.36. The molecule has 2 aliphatic heterocycles. The summed E-state index contributed by atoms with van der Waals surface area (Å²) >= 11 is 1.33. The molecule has 1 unspecified atom stereocenters. The lowest BCUT2D eigenvalue weighted by Gasteiger charge is -2.44. The standard InChI is InChI=1S/C33H27F5N6O4S2/c1-4-23(45)44-15(2)11-42(12-16(44)3)30-19-9-20(33(36,37)38)24(25-21(34)10-22(35)28-26(25)40-32(47)50-28)29-27(19)43(31(46)41-30)13-18(14-49-29)48-17-5-7-39-8-6-17/h4-10,15-16,18H,1,11-14H2,2-3H3,(H,40,47)/t15-,16+,18?. The van der Waals surface area contributed by atoms with Crippen LogP contribution in [0.1, 0.15) is 19.4 Å². The first-order chi connectivity index (χ1) is 23.8. The highest BCUT2D eigenvalue weighted by molar-refractivity contribution is 7.99. The van der Waals surface area contributed by atoms with E-state index in [0.29, 0.717) is 23.2 Å². The van der Waals surface area contributed by atoms with E-state index in [-0.39, 0.29) is 57.6 Å². The number of carbonyl (C=O) groups is 1. The van der Waals surface area contributed by atoms with Crippen molar-refractivity contribution in [3.63, 3.8) is 0 Å².